The predicted molar refractivity (Wildman–Crippen MR) is 173 cm³/mol. The molecule has 1 aliphatic heterocycles. The van der Waals surface area contributed by atoms with Gasteiger partial charge in [0.1, 0.15) is 0 Å². The van der Waals surface area contributed by atoms with Gasteiger partial charge in [-0.15, -0.1) is 21.5 Å². The minimum absolute atomic E-state index is 0.0271. The molecule has 0 saturated carbocycles. The topological polar surface area (TPSA) is 111 Å². The van der Waals surface area contributed by atoms with E-state index in [1.165, 1.54) is 34.9 Å². The number of rotatable bonds is 12. The maximum absolute atomic E-state index is 12.9. The molecule has 1 unspecified atom stereocenters. The Labute approximate surface area is 261 Å². The van der Waals surface area contributed by atoms with Crippen molar-refractivity contribution < 1.29 is 14.3 Å². The van der Waals surface area contributed by atoms with Crippen molar-refractivity contribution in [1.82, 2.24) is 25.1 Å². The number of carbonyl (C=O) groups is 2. The monoisotopic (exact) mass is 630 g/mol. The van der Waals surface area contributed by atoms with Crippen LogP contribution in [0.4, 0.5) is 5.69 Å². The molecular formula is C31H30N6O3S3. The molecule has 1 atom stereocenters. The molecule has 2 aromatic heterocycles. The number of nitrogens with one attached hydrogen (secondary N) is 2. The summed E-state index contributed by atoms with van der Waals surface area (Å²) in [5.41, 5.74) is 3.63. The largest absolute Gasteiger partial charge is 0.376 e. The van der Waals surface area contributed by atoms with Gasteiger partial charge in [0, 0.05) is 24.4 Å². The third kappa shape index (κ3) is 7.82. The quantitative estimate of drug-likeness (QED) is 0.169. The van der Waals surface area contributed by atoms with Gasteiger partial charge in [-0.3, -0.25) is 14.2 Å². The third-order valence-corrected chi connectivity index (χ3v) is 9.92. The van der Waals surface area contributed by atoms with E-state index < -0.39 is 0 Å². The van der Waals surface area contributed by atoms with Gasteiger partial charge in [-0.25, -0.2) is 4.98 Å². The predicted octanol–water partition coefficient (Wildman–Crippen LogP) is 5.72. The van der Waals surface area contributed by atoms with Crippen molar-refractivity contribution >= 4 is 62.6 Å². The Morgan fingerprint density at radius 3 is 2.53 bits per heavy atom. The number of aromatic nitrogens is 4. The summed E-state index contributed by atoms with van der Waals surface area (Å²) in [6.45, 7) is 1.93. The molecule has 43 heavy (non-hydrogen) atoms. The van der Waals surface area contributed by atoms with Gasteiger partial charge in [0.05, 0.1) is 34.4 Å². The summed E-state index contributed by atoms with van der Waals surface area (Å²) in [5.74, 6) is 1.08. The molecule has 2 N–H and O–H groups in total. The number of anilines is 1. The average Bonchev–Trinajstić information content (AvgIpc) is 3.79. The number of ether oxygens (including phenoxy) is 1. The summed E-state index contributed by atoms with van der Waals surface area (Å²) in [5, 5.41) is 15.5. The van der Waals surface area contributed by atoms with Gasteiger partial charge in [0.2, 0.25) is 11.8 Å². The average molecular weight is 631 g/mol. The first-order chi connectivity index (χ1) is 21.1. The maximum atomic E-state index is 12.9. The van der Waals surface area contributed by atoms with Crippen molar-refractivity contribution in [2.24, 2.45) is 0 Å². The van der Waals surface area contributed by atoms with E-state index in [1.54, 1.807) is 0 Å². The van der Waals surface area contributed by atoms with Crippen LogP contribution in [0.1, 0.15) is 18.4 Å². The van der Waals surface area contributed by atoms with E-state index in [-0.39, 0.29) is 23.7 Å². The Balaban J connectivity index is 1.06. The molecule has 1 saturated heterocycles. The lowest BCUT2D eigenvalue weighted by Gasteiger charge is -2.11. The lowest BCUT2D eigenvalue weighted by Crippen LogP contribution is -2.32. The van der Waals surface area contributed by atoms with Gasteiger partial charge in [0.25, 0.3) is 0 Å². The molecule has 220 valence electrons. The molecule has 3 aromatic carbocycles. The molecule has 0 bridgehead atoms. The Hall–Kier alpha value is -3.71. The molecule has 12 heteroatoms. The van der Waals surface area contributed by atoms with E-state index in [0.29, 0.717) is 29.7 Å². The van der Waals surface area contributed by atoms with E-state index in [2.05, 4.69) is 37.9 Å². The van der Waals surface area contributed by atoms with Crippen molar-refractivity contribution in [3.05, 3.63) is 84.4 Å². The highest BCUT2D eigenvalue weighted by Gasteiger charge is 2.18. The minimum atomic E-state index is -0.137. The highest BCUT2D eigenvalue weighted by Crippen LogP contribution is 2.31. The van der Waals surface area contributed by atoms with Crippen molar-refractivity contribution in [3.8, 4) is 11.4 Å². The molecule has 2 amide bonds. The number of hydrogen-bond acceptors (Lipinski definition) is 9. The first-order valence-electron chi connectivity index (χ1n) is 14.0. The molecule has 0 aliphatic carbocycles. The lowest BCUT2D eigenvalue weighted by molar-refractivity contribution is -0.119. The fourth-order valence-electron chi connectivity index (χ4n) is 4.69. The zero-order valence-corrected chi connectivity index (χ0v) is 25.7. The van der Waals surface area contributed by atoms with Crippen LogP contribution in [0, 0.1) is 0 Å². The van der Waals surface area contributed by atoms with Crippen LogP contribution in [-0.2, 0) is 20.9 Å². The van der Waals surface area contributed by atoms with Gasteiger partial charge in [-0.1, -0.05) is 84.2 Å². The Bertz CT molecular complexity index is 1690. The van der Waals surface area contributed by atoms with E-state index in [1.807, 2.05) is 71.3 Å². The van der Waals surface area contributed by atoms with Crippen molar-refractivity contribution in [3.63, 3.8) is 0 Å². The summed E-state index contributed by atoms with van der Waals surface area (Å²) in [7, 11) is 0. The SMILES string of the molecule is O=C(CSc1nc2ccc(NC(=O)CSc3nnc(-c4ccccc4)n3Cc3ccccc3)cc2s1)NCC1CCCO1. The number of fused-ring (bicyclic) bond motifs is 1. The van der Waals surface area contributed by atoms with Crippen LogP contribution in [0.25, 0.3) is 21.6 Å². The molecule has 1 aliphatic rings. The van der Waals surface area contributed by atoms with Crippen LogP contribution >= 0.6 is 34.9 Å². The molecule has 0 radical (unpaired) electrons. The van der Waals surface area contributed by atoms with Crippen LogP contribution in [0.15, 0.2) is 88.4 Å². The van der Waals surface area contributed by atoms with Gasteiger partial charge >= 0.3 is 0 Å². The lowest BCUT2D eigenvalue weighted by atomic mass is 10.2. The van der Waals surface area contributed by atoms with Crippen molar-refractivity contribution in [2.45, 2.75) is 35.0 Å². The minimum Gasteiger partial charge on any atom is -0.376 e. The summed E-state index contributed by atoms with van der Waals surface area (Å²) in [4.78, 5) is 29.8. The fraction of sp³-hybridized carbons (Fsp3) is 0.258. The highest BCUT2D eigenvalue weighted by molar-refractivity contribution is 8.01. The van der Waals surface area contributed by atoms with E-state index in [9.17, 15) is 9.59 Å². The van der Waals surface area contributed by atoms with Crippen LogP contribution in [0.3, 0.4) is 0 Å². The molecule has 9 nitrogen and oxygen atoms in total. The van der Waals surface area contributed by atoms with Crippen molar-refractivity contribution in [2.75, 3.05) is 30.0 Å². The zero-order chi connectivity index (χ0) is 29.4. The number of hydrogen-bond donors (Lipinski definition) is 2. The number of amides is 2. The second-order valence-electron chi connectivity index (χ2n) is 9.97. The molecule has 1 fully saturated rings. The molecule has 3 heterocycles. The third-order valence-electron chi connectivity index (χ3n) is 6.79. The van der Waals surface area contributed by atoms with Gasteiger partial charge in [-0.05, 0) is 36.6 Å². The second-order valence-corrected chi connectivity index (χ2v) is 13.2. The van der Waals surface area contributed by atoms with Gasteiger partial charge in [-0.2, -0.15) is 0 Å². The molecular weight excluding hydrogens is 601 g/mol. The first kappa shape index (κ1) is 29.4. The van der Waals surface area contributed by atoms with Crippen LogP contribution in [-0.4, -0.2) is 62.3 Å². The van der Waals surface area contributed by atoms with E-state index in [4.69, 9.17) is 4.74 Å². The first-order valence-corrected chi connectivity index (χ1v) is 16.8. The zero-order valence-electron chi connectivity index (χ0n) is 23.3. The number of thiazole rings is 1. The van der Waals surface area contributed by atoms with E-state index in [0.717, 1.165) is 51.0 Å². The van der Waals surface area contributed by atoms with Gasteiger partial charge < -0.3 is 15.4 Å². The summed E-state index contributed by atoms with van der Waals surface area (Å²) in [6.07, 6.45) is 2.17. The van der Waals surface area contributed by atoms with Gasteiger partial charge in [0.15, 0.2) is 15.3 Å². The number of nitrogens with zero attached hydrogens (tertiary/aromatic N) is 4. The Kier molecular flexibility index (Phi) is 9.68. The molecule has 0 spiro atoms. The second kappa shape index (κ2) is 14.2. The number of benzene rings is 3. The van der Waals surface area contributed by atoms with Crippen LogP contribution < -0.4 is 10.6 Å². The number of thioether (sulfide) groups is 2. The molecule has 6 rings (SSSR count). The Morgan fingerprint density at radius 2 is 1.74 bits per heavy atom. The Morgan fingerprint density at radius 1 is 0.953 bits per heavy atom. The summed E-state index contributed by atoms with van der Waals surface area (Å²) in [6, 6.07) is 25.7. The summed E-state index contributed by atoms with van der Waals surface area (Å²) < 4.78 is 9.37. The smallest absolute Gasteiger partial charge is 0.234 e. The molecule has 5 aromatic rings. The summed E-state index contributed by atoms with van der Waals surface area (Å²) >= 11 is 4.28. The van der Waals surface area contributed by atoms with E-state index >= 15 is 0 Å². The van der Waals surface area contributed by atoms with Crippen LogP contribution in [0.2, 0.25) is 0 Å². The highest BCUT2D eigenvalue weighted by atomic mass is 32.2. The van der Waals surface area contributed by atoms with Crippen molar-refractivity contribution in [1.29, 1.82) is 0 Å². The normalized spacial score (nSPS) is 14.7. The number of carbonyl (C=O) groups excluding carboxylic acids is 2. The van der Waals surface area contributed by atoms with Crippen LogP contribution in [0.5, 0.6) is 0 Å². The fourth-order valence-corrected chi connectivity index (χ4v) is 7.36. The maximum Gasteiger partial charge on any atom is 0.234 e. The standard InChI is InChI=1S/C31H30N6O3S3/c38-27(32-17-24-12-7-15-40-24)19-42-31-34-25-14-13-23(16-26(25)43-31)33-28(39)20-41-30-36-35-29(22-10-5-2-6-11-22)37(30)18-21-8-3-1-4-9-21/h1-6,8-11,13-14,16,24H,7,12,15,17-20H2,(H,32,38)(H,33,39).